The number of carbonyl (C=O) groups excluding carboxylic acids is 1. The van der Waals surface area contributed by atoms with Gasteiger partial charge in [0.25, 0.3) is 0 Å². The zero-order valence-corrected chi connectivity index (χ0v) is 27.5. The molecule has 0 bridgehead atoms. The van der Waals surface area contributed by atoms with Crippen LogP contribution in [0.1, 0.15) is 27.6 Å². The van der Waals surface area contributed by atoms with Crippen molar-refractivity contribution in [3.05, 3.63) is 59.7 Å². The normalized spacial score (nSPS) is 11.1. The van der Waals surface area contributed by atoms with Gasteiger partial charge in [0.1, 0.15) is 41.8 Å². The first-order valence-electron chi connectivity index (χ1n) is 15.4. The van der Waals surface area contributed by atoms with E-state index in [2.05, 4.69) is 0 Å². The summed E-state index contributed by atoms with van der Waals surface area (Å²) in [4.78, 5) is 23.5. The van der Waals surface area contributed by atoms with Gasteiger partial charge in [0.2, 0.25) is 0 Å². The maximum Gasteiger partial charge on any atom is 0.339 e. The summed E-state index contributed by atoms with van der Waals surface area (Å²) >= 11 is 0. The largest absolute Gasteiger partial charge is 0.507 e. The molecule has 0 saturated heterocycles. The zero-order valence-electron chi connectivity index (χ0n) is 27.5. The van der Waals surface area contributed by atoms with Gasteiger partial charge in [0, 0.05) is 25.3 Å². The van der Waals surface area contributed by atoms with Crippen LogP contribution >= 0.6 is 0 Å². The molecular weight excluding hydrogens is 628 g/mol. The minimum Gasteiger partial charge on any atom is -0.507 e. The molecule has 0 aliphatic carbocycles. The Morgan fingerprint density at radius 3 is 1.27 bits per heavy atom. The summed E-state index contributed by atoms with van der Waals surface area (Å²) in [6.07, 6.45) is 0. The van der Waals surface area contributed by atoms with Crippen molar-refractivity contribution in [2.45, 2.75) is 6.92 Å². The van der Waals surface area contributed by atoms with Gasteiger partial charge in [-0.3, -0.25) is 4.79 Å². The Morgan fingerprint density at radius 2 is 0.917 bits per heavy atom. The third-order valence-electron chi connectivity index (χ3n) is 6.89. The molecule has 0 aromatic heterocycles. The molecule has 3 aromatic rings. The highest BCUT2D eigenvalue weighted by atomic mass is 16.6. The second-order valence-electron chi connectivity index (χ2n) is 10.3. The summed E-state index contributed by atoms with van der Waals surface area (Å²) in [6, 6.07) is 12.3. The fourth-order valence-electron chi connectivity index (χ4n) is 4.48. The lowest BCUT2D eigenvalue weighted by atomic mass is 9.95. The third kappa shape index (κ3) is 12.1. The molecule has 0 atom stereocenters. The smallest absolute Gasteiger partial charge is 0.339 e. The number of rotatable bonds is 24. The molecule has 0 aliphatic heterocycles. The molecular formula is C35H44O13. The number of phenolic OH excluding ortho intramolecular Hbond substituents is 1. The Balaban J connectivity index is 1.91. The van der Waals surface area contributed by atoms with Gasteiger partial charge in [0.05, 0.1) is 71.6 Å². The van der Waals surface area contributed by atoms with Crippen molar-refractivity contribution in [1.29, 1.82) is 0 Å². The number of hydrogen-bond acceptors (Lipinski definition) is 12. The number of benzene rings is 3. The van der Waals surface area contributed by atoms with Crippen molar-refractivity contribution >= 4 is 11.8 Å². The van der Waals surface area contributed by atoms with Crippen LogP contribution < -0.4 is 9.47 Å². The molecule has 262 valence electrons. The predicted molar refractivity (Wildman–Crippen MR) is 176 cm³/mol. The highest BCUT2D eigenvalue weighted by Gasteiger charge is 2.19. The first-order valence-corrected chi connectivity index (χ1v) is 15.4. The van der Waals surface area contributed by atoms with E-state index in [4.69, 9.17) is 37.9 Å². The Hall–Kier alpha value is -4.24. The molecule has 3 N–H and O–H groups in total. The lowest BCUT2D eigenvalue weighted by molar-refractivity contribution is 0.0178. The van der Waals surface area contributed by atoms with Crippen LogP contribution in [0.5, 0.6) is 23.0 Å². The van der Waals surface area contributed by atoms with Gasteiger partial charge in [-0.05, 0) is 54.4 Å². The average Bonchev–Trinajstić information content (AvgIpc) is 3.06. The van der Waals surface area contributed by atoms with Gasteiger partial charge in [-0.1, -0.05) is 12.1 Å². The van der Waals surface area contributed by atoms with Crippen molar-refractivity contribution < 1.29 is 62.8 Å². The molecule has 48 heavy (non-hydrogen) atoms. The summed E-state index contributed by atoms with van der Waals surface area (Å²) in [7, 11) is 3.19. The maximum atomic E-state index is 12.0. The molecule has 0 unspecified atom stereocenters. The Labute approximate surface area is 279 Å². The summed E-state index contributed by atoms with van der Waals surface area (Å²) in [5, 5.41) is 30.5. The molecule has 3 rings (SSSR count). The lowest BCUT2D eigenvalue weighted by Crippen LogP contribution is -2.13. The van der Waals surface area contributed by atoms with Crippen molar-refractivity contribution in [3.63, 3.8) is 0 Å². The Bertz CT molecular complexity index is 1350. The van der Waals surface area contributed by atoms with E-state index in [1.54, 1.807) is 38.5 Å². The minimum absolute atomic E-state index is 0.152. The standard InChI is InChI=1S/C35H44O13/c1-24(36)27-6-4-25(20-31(27)37)29-22-34(48-19-17-46-15-13-44-11-9-42-3)30(26-5-7-28(35(39)40)32(38)21-26)23-33(29)47-18-16-45-14-12-43-10-8-41-2/h4-7,20-23,37-38H,8-19H2,1-3H3,(H,39,40). The van der Waals surface area contributed by atoms with E-state index in [1.807, 2.05) is 0 Å². The number of methoxy groups -OCH3 is 2. The van der Waals surface area contributed by atoms with Crippen molar-refractivity contribution in [3.8, 4) is 45.3 Å². The first-order chi connectivity index (χ1) is 23.3. The number of Topliss-reactive ketones (excluding diaryl/α,β-unsaturated/α-hetero) is 1. The van der Waals surface area contributed by atoms with Crippen LogP contribution in [0.3, 0.4) is 0 Å². The molecule has 0 saturated carbocycles. The highest BCUT2D eigenvalue weighted by Crippen LogP contribution is 2.43. The van der Waals surface area contributed by atoms with E-state index < -0.39 is 11.7 Å². The van der Waals surface area contributed by atoms with Gasteiger partial charge in [0.15, 0.2) is 5.78 Å². The van der Waals surface area contributed by atoms with E-state index in [0.717, 1.165) is 0 Å². The Kier molecular flexibility index (Phi) is 16.6. The van der Waals surface area contributed by atoms with Gasteiger partial charge < -0.3 is 53.2 Å². The summed E-state index contributed by atoms with van der Waals surface area (Å²) in [5.74, 6) is -1.40. The lowest BCUT2D eigenvalue weighted by Gasteiger charge is -2.19. The third-order valence-corrected chi connectivity index (χ3v) is 6.89. The van der Waals surface area contributed by atoms with Crippen LogP contribution in [-0.2, 0) is 28.4 Å². The number of phenols is 2. The summed E-state index contributed by atoms with van der Waals surface area (Å²) < 4.78 is 44.3. The van der Waals surface area contributed by atoms with Gasteiger partial charge in [-0.15, -0.1) is 0 Å². The van der Waals surface area contributed by atoms with Crippen LogP contribution in [0.4, 0.5) is 0 Å². The number of ether oxygens (including phenoxy) is 8. The predicted octanol–water partition coefficient (Wildman–Crippen LogP) is 4.45. The zero-order chi connectivity index (χ0) is 34.7. The van der Waals surface area contributed by atoms with Gasteiger partial charge in [-0.2, -0.15) is 0 Å². The summed E-state index contributed by atoms with van der Waals surface area (Å²) in [6.45, 7) is 5.57. The maximum absolute atomic E-state index is 12.0. The number of aromatic hydroxyl groups is 2. The Morgan fingerprint density at radius 1 is 0.542 bits per heavy atom. The number of ketones is 1. The van der Waals surface area contributed by atoms with E-state index in [1.165, 1.54) is 31.2 Å². The average molecular weight is 673 g/mol. The number of carboxylic acids is 1. The van der Waals surface area contributed by atoms with Crippen LogP contribution in [0.25, 0.3) is 22.3 Å². The van der Waals surface area contributed by atoms with Crippen molar-refractivity contribution in [1.82, 2.24) is 0 Å². The number of aromatic carboxylic acids is 1. The molecule has 13 nitrogen and oxygen atoms in total. The van der Waals surface area contributed by atoms with E-state index in [9.17, 15) is 24.9 Å². The van der Waals surface area contributed by atoms with Crippen molar-refractivity contribution in [2.24, 2.45) is 0 Å². The van der Waals surface area contributed by atoms with Crippen LogP contribution in [-0.4, -0.2) is 121 Å². The van der Waals surface area contributed by atoms with E-state index >= 15 is 0 Å². The number of carboxylic acid groups (broad SMARTS) is 1. The second kappa shape index (κ2) is 20.9. The van der Waals surface area contributed by atoms with Crippen LogP contribution in [0.2, 0.25) is 0 Å². The fraction of sp³-hybridized carbons (Fsp3) is 0.429. The van der Waals surface area contributed by atoms with Crippen molar-refractivity contribution in [2.75, 3.05) is 93.5 Å². The summed E-state index contributed by atoms with van der Waals surface area (Å²) in [5.41, 5.74) is 1.98. The minimum atomic E-state index is -1.27. The van der Waals surface area contributed by atoms with Crippen LogP contribution in [0, 0.1) is 0 Å². The molecule has 0 aliphatic rings. The monoisotopic (exact) mass is 672 g/mol. The van der Waals surface area contributed by atoms with Gasteiger partial charge in [-0.25, -0.2) is 4.79 Å². The highest BCUT2D eigenvalue weighted by molar-refractivity contribution is 5.97. The van der Waals surface area contributed by atoms with E-state index in [0.29, 0.717) is 86.6 Å². The SMILES string of the molecule is COCCOCCOCCOc1cc(-c2ccc(C(=O)O)c(O)c2)c(OCCOCCOCCOC)cc1-c1ccc(C(C)=O)c(O)c1. The molecule has 13 heteroatoms. The fourth-order valence-corrected chi connectivity index (χ4v) is 4.48. The molecule has 0 heterocycles. The van der Waals surface area contributed by atoms with Crippen LogP contribution in [0.15, 0.2) is 48.5 Å². The molecule has 0 amide bonds. The molecule has 0 fully saturated rings. The molecule has 0 radical (unpaired) electrons. The molecule has 3 aromatic carbocycles. The number of hydrogen-bond donors (Lipinski definition) is 3. The topological polar surface area (TPSA) is 169 Å². The quantitative estimate of drug-likeness (QED) is 0.0903. The van der Waals surface area contributed by atoms with Gasteiger partial charge >= 0.3 is 5.97 Å². The van der Waals surface area contributed by atoms with E-state index in [-0.39, 0.29) is 49.1 Å². The first kappa shape index (κ1) is 38.2. The molecule has 0 spiro atoms. The second-order valence-corrected chi connectivity index (χ2v) is 10.3. The number of carbonyl (C=O) groups is 2.